The third-order valence-electron chi connectivity index (χ3n) is 3.38. The van der Waals surface area contributed by atoms with Crippen molar-refractivity contribution in [1.82, 2.24) is 9.97 Å². The van der Waals surface area contributed by atoms with Crippen LogP contribution in [0.5, 0.6) is 11.9 Å². The monoisotopic (exact) mass is 434 g/mol. The fourth-order valence-electron chi connectivity index (χ4n) is 2.01. The molecule has 0 radical (unpaired) electrons. The summed E-state index contributed by atoms with van der Waals surface area (Å²) in [4.78, 5) is 19.2. The fraction of sp³-hybridized carbons (Fsp3) is 0.294. The van der Waals surface area contributed by atoms with Crippen LogP contribution in [0.3, 0.4) is 0 Å². The SMILES string of the molecule is CCOC(=O)C(C#N)N=Nc1ccc(S(=O)(=O)Nc2cc(OC)nc(OC)n2)cc1. The van der Waals surface area contributed by atoms with Crippen molar-refractivity contribution < 1.29 is 27.4 Å². The Bertz CT molecular complexity index is 1040. The van der Waals surface area contributed by atoms with Gasteiger partial charge in [-0.15, -0.1) is 0 Å². The Hall–Kier alpha value is -3.79. The minimum absolute atomic E-state index is 0.0474. The van der Waals surface area contributed by atoms with Gasteiger partial charge in [0.25, 0.3) is 16.1 Å². The number of carbonyl (C=O) groups is 1. The van der Waals surface area contributed by atoms with Crippen LogP contribution in [0, 0.1) is 11.3 Å². The molecule has 2 aromatic rings. The number of azo groups is 1. The molecule has 0 spiro atoms. The van der Waals surface area contributed by atoms with Gasteiger partial charge < -0.3 is 14.2 Å². The lowest BCUT2D eigenvalue weighted by atomic mass is 10.3. The molecule has 0 aliphatic rings. The Labute approximate surface area is 172 Å². The maximum atomic E-state index is 12.6. The van der Waals surface area contributed by atoms with E-state index in [0.29, 0.717) is 0 Å². The zero-order chi connectivity index (χ0) is 22.1. The molecule has 1 N–H and O–H groups in total. The number of aromatic nitrogens is 2. The van der Waals surface area contributed by atoms with E-state index in [0.717, 1.165) is 0 Å². The smallest absolute Gasteiger partial charge is 0.347 e. The van der Waals surface area contributed by atoms with Crippen LogP contribution in [0.25, 0.3) is 0 Å². The van der Waals surface area contributed by atoms with Crippen molar-refractivity contribution in [3.05, 3.63) is 30.3 Å². The first-order valence-electron chi connectivity index (χ1n) is 8.40. The molecule has 0 saturated heterocycles. The molecule has 0 bridgehead atoms. The van der Waals surface area contributed by atoms with Crippen LogP contribution < -0.4 is 14.2 Å². The second-order valence-corrected chi connectivity index (χ2v) is 7.06. The number of nitrogens with one attached hydrogen (secondary N) is 1. The molecule has 0 saturated carbocycles. The minimum Gasteiger partial charge on any atom is -0.481 e. The number of esters is 1. The third kappa shape index (κ3) is 5.85. The molecule has 0 amide bonds. The van der Waals surface area contributed by atoms with Gasteiger partial charge in [-0.2, -0.15) is 25.5 Å². The summed E-state index contributed by atoms with van der Waals surface area (Å²) in [6.45, 7) is 1.71. The van der Waals surface area contributed by atoms with Crippen molar-refractivity contribution >= 4 is 27.5 Å². The van der Waals surface area contributed by atoms with Crippen molar-refractivity contribution in [2.75, 3.05) is 25.5 Å². The van der Waals surface area contributed by atoms with E-state index in [9.17, 15) is 13.2 Å². The van der Waals surface area contributed by atoms with Crippen LogP contribution in [-0.4, -0.2) is 51.2 Å². The lowest BCUT2D eigenvalue weighted by Crippen LogP contribution is -2.19. The molecule has 1 aromatic heterocycles. The number of rotatable bonds is 9. The van der Waals surface area contributed by atoms with E-state index < -0.39 is 22.0 Å². The van der Waals surface area contributed by atoms with Gasteiger partial charge in [0, 0.05) is 6.07 Å². The zero-order valence-electron chi connectivity index (χ0n) is 16.3. The van der Waals surface area contributed by atoms with E-state index in [2.05, 4.69) is 24.9 Å². The van der Waals surface area contributed by atoms with Crippen molar-refractivity contribution in [3.63, 3.8) is 0 Å². The maximum absolute atomic E-state index is 12.6. The van der Waals surface area contributed by atoms with Crippen molar-refractivity contribution in [1.29, 1.82) is 5.26 Å². The van der Waals surface area contributed by atoms with E-state index in [4.69, 9.17) is 19.5 Å². The van der Waals surface area contributed by atoms with Crippen LogP contribution >= 0.6 is 0 Å². The number of anilines is 1. The van der Waals surface area contributed by atoms with Gasteiger partial charge in [0.2, 0.25) is 5.88 Å². The van der Waals surface area contributed by atoms with Gasteiger partial charge in [0.05, 0.1) is 31.4 Å². The number of hydrogen-bond donors (Lipinski definition) is 1. The number of nitriles is 1. The molecular formula is C17H18N6O6S. The topological polar surface area (TPSA) is 165 Å². The van der Waals surface area contributed by atoms with E-state index >= 15 is 0 Å². The Morgan fingerprint density at radius 3 is 2.50 bits per heavy atom. The molecule has 1 heterocycles. The summed E-state index contributed by atoms with van der Waals surface area (Å²) < 4.78 is 42.0. The van der Waals surface area contributed by atoms with Crippen LogP contribution in [0.15, 0.2) is 45.5 Å². The normalized spacial score (nSPS) is 12.1. The second-order valence-electron chi connectivity index (χ2n) is 5.38. The molecule has 158 valence electrons. The summed E-state index contributed by atoms with van der Waals surface area (Å²) >= 11 is 0. The first-order valence-corrected chi connectivity index (χ1v) is 9.88. The van der Waals surface area contributed by atoms with Crippen molar-refractivity contribution in [2.24, 2.45) is 10.2 Å². The van der Waals surface area contributed by atoms with Gasteiger partial charge in [-0.25, -0.2) is 13.2 Å². The van der Waals surface area contributed by atoms with Crippen LogP contribution in [-0.2, 0) is 19.6 Å². The highest BCUT2D eigenvalue weighted by Gasteiger charge is 2.19. The minimum atomic E-state index is -3.99. The highest BCUT2D eigenvalue weighted by Crippen LogP contribution is 2.22. The molecule has 1 atom stereocenters. The largest absolute Gasteiger partial charge is 0.481 e. The Morgan fingerprint density at radius 2 is 1.93 bits per heavy atom. The van der Waals surface area contributed by atoms with Crippen LogP contribution in [0.2, 0.25) is 0 Å². The zero-order valence-corrected chi connectivity index (χ0v) is 17.1. The summed E-state index contributed by atoms with van der Waals surface area (Å²) in [5.74, 6) is -0.749. The molecule has 0 aliphatic heterocycles. The van der Waals surface area contributed by atoms with Crippen molar-refractivity contribution in [3.8, 4) is 18.0 Å². The van der Waals surface area contributed by atoms with Gasteiger partial charge in [0.15, 0.2) is 5.82 Å². The summed E-state index contributed by atoms with van der Waals surface area (Å²) in [6, 6.07) is 6.75. The van der Waals surface area contributed by atoms with Gasteiger partial charge in [-0.1, -0.05) is 0 Å². The molecule has 12 nitrogen and oxygen atoms in total. The van der Waals surface area contributed by atoms with Crippen LogP contribution in [0.4, 0.5) is 11.5 Å². The van der Waals surface area contributed by atoms with Gasteiger partial charge >= 0.3 is 12.0 Å². The number of benzene rings is 1. The second kappa shape index (κ2) is 10.1. The molecular weight excluding hydrogens is 416 g/mol. The number of nitrogens with zero attached hydrogens (tertiary/aromatic N) is 5. The summed E-state index contributed by atoms with van der Waals surface area (Å²) in [5.41, 5.74) is 0.240. The maximum Gasteiger partial charge on any atom is 0.347 e. The van der Waals surface area contributed by atoms with Gasteiger partial charge in [-0.3, -0.25) is 4.72 Å². The molecule has 1 unspecified atom stereocenters. The standard InChI is InChI=1S/C17H18N6O6S/c1-4-29-16(24)13(10-18)22-21-11-5-7-12(8-6-11)30(25,26)23-14-9-15(27-2)20-17(19-14)28-3/h5-9,13H,4H2,1-3H3,(H,19,20,23). The molecule has 0 aliphatic carbocycles. The van der Waals surface area contributed by atoms with Crippen LogP contribution in [0.1, 0.15) is 6.92 Å². The highest BCUT2D eigenvalue weighted by molar-refractivity contribution is 7.92. The number of carbonyl (C=O) groups excluding carboxylic acids is 1. The van der Waals surface area contributed by atoms with Crippen molar-refractivity contribution in [2.45, 2.75) is 17.9 Å². The predicted molar refractivity (Wildman–Crippen MR) is 103 cm³/mol. The number of ether oxygens (including phenoxy) is 3. The number of methoxy groups -OCH3 is 2. The average molecular weight is 434 g/mol. The van der Waals surface area contributed by atoms with E-state index in [-0.39, 0.29) is 34.9 Å². The molecule has 0 fully saturated rings. The molecule has 30 heavy (non-hydrogen) atoms. The summed E-state index contributed by atoms with van der Waals surface area (Å²) in [5, 5.41) is 16.3. The lowest BCUT2D eigenvalue weighted by Gasteiger charge is -2.09. The molecule has 2 rings (SSSR count). The van der Waals surface area contributed by atoms with E-state index in [1.54, 1.807) is 13.0 Å². The molecule has 13 heteroatoms. The first kappa shape index (κ1) is 22.5. The average Bonchev–Trinajstić information content (AvgIpc) is 2.74. The van der Waals surface area contributed by atoms with Gasteiger partial charge in [0.1, 0.15) is 6.07 Å². The number of hydrogen-bond acceptors (Lipinski definition) is 11. The first-order chi connectivity index (χ1) is 14.3. The Kier molecular flexibility index (Phi) is 7.59. The summed E-state index contributed by atoms with van der Waals surface area (Å²) in [6.07, 6.45) is 0. The lowest BCUT2D eigenvalue weighted by molar-refractivity contribution is -0.143. The summed E-state index contributed by atoms with van der Waals surface area (Å²) in [7, 11) is -1.29. The van der Waals surface area contributed by atoms with E-state index in [1.165, 1.54) is 44.6 Å². The quantitative estimate of drug-likeness (QED) is 0.457. The Balaban J connectivity index is 2.18. The molecule has 1 aromatic carbocycles. The fourth-order valence-corrected chi connectivity index (χ4v) is 3.00. The number of sulfonamides is 1. The van der Waals surface area contributed by atoms with Gasteiger partial charge in [-0.05, 0) is 31.2 Å². The third-order valence-corrected chi connectivity index (χ3v) is 4.75. The highest BCUT2D eigenvalue weighted by atomic mass is 32.2. The Morgan fingerprint density at radius 1 is 1.23 bits per heavy atom. The predicted octanol–water partition coefficient (Wildman–Crippen LogP) is 1.83. The van der Waals surface area contributed by atoms with E-state index in [1.807, 2.05) is 0 Å².